The van der Waals surface area contributed by atoms with Gasteiger partial charge in [0, 0.05) is 6.61 Å². The number of rotatable bonds is 7. The number of para-hydroxylation sites is 1. The van der Waals surface area contributed by atoms with Gasteiger partial charge in [0.05, 0.1) is 12.3 Å². The van der Waals surface area contributed by atoms with Crippen LogP contribution in [-0.2, 0) is 27.8 Å². The van der Waals surface area contributed by atoms with E-state index in [4.69, 9.17) is 33.5 Å². The van der Waals surface area contributed by atoms with E-state index in [0.29, 0.717) is 11.2 Å². The van der Waals surface area contributed by atoms with E-state index < -0.39 is 44.3 Å². The molecular formula is C23H24N5O8P. The summed E-state index contributed by atoms with van der Waals surface area (Å²) in [6.45, 7) is 3.38. The van der Waals surface area contributed by atoms with Crippen LogP contribution in [-0.4, -0.2) is 58.2 Å². The van der Waals surface area contributed by atoms with Gasteiger partial charge in [-0.2, -0.15) is 10.4 Å². The number of fused-ring (bicyclic) bond motifs is 2. The fourth-order valence-corrected chi connectivity index (χ4v) is 5.86. The van der Waals surface area contributed by atoms with Gasteiger partial charge in [-0.15, -0.1) is 0 Å². The predicted octanol–water partition coefficient (Wildman–Crippen LogP) is 2.83. The molecule has 2 N–H and O–H groups in total. The number of nitrogens with two attached hydrogens (primary N) is 1. The Bertz CT molecular complexity index is 1420. The average Bonchev–Trinajstić information content (AvgIpc) is 3.45. The fourth-order valence-electron chi connectivity index (χ4n) is 4.39. The number of ether oxygens (including phenoxy) is 3. The van der Waals surface area contributed by atoms with Gasteiger partial charge in [-0.05, 0) is 38.1 Å². The molecule has 5 rings (SSSR count). The third-order valence-electron chi connectivity index (χ3n) is 6.02. The number of anilines is 1. The Morgan fingerprint density at radius 2 is 2.11 bits per heavy atom. The molecule has 0 amide bonds. The molecule has 0 spiro atoms. The van der Waals surface area contributed by atoms with Crippen LogP contribution in [0.3, 0.4) is 0 Å². The number of nitrogen functional groups attached to an aromatic ring is 1. The maximum atomic E-state index is 13.7. The third kappa shape index (κ3) is 4.33. The molecule has 13 nitrogen and oxygen atoms in total. The highest BCUT2D eigenvalue weighted by Gasteiger charge is 2.64. The normalized spacial score (nSPS) is 28.9. The molecule has 2 fully saturated rings. The minimum absolute atomic E-state index is 0.0442. The van der Waals surface area contributed by atoms with Gasteiger partial charge in [-0.1, -0.05) is 12.1 Å². The molecule has 0 radical (unpaired) electrons. The SMILES string of the molecule is CCOC(=O)c1ccccc1OP1(=O)OC[C@@]2(C#N)O[C@@H](c3ccc4c(N)ncnn34)[C@H](OCC)[C@@H]2O1. The monoisotopic (exact) mass is 529 g/mol. The summed E-state index contributed by atoms with van der Waals surface area (Å²) in [4.78, 5) is 16.3. The molecule has 2 aliphatic rings. The van der Waals surface area contributed by atoms with E-state index in [1.165, 1.54) is 23.0 Å². The number of esters is 1. The van der Waals surface area contributed by atoms with Gasteiger partial charge in [0.15, 0.2) is 5.82 Å². The highest BCUT2D eigenvalue weighted by Crippen LogP contribution is 2.60. The van der Waals surface area contributed by atoms with Crippen molar-refractivity contribution in [1.29, 1.82) is 5.26 Å². The van der Waals surface area contributed by atoms with Crippen molar-refractivity contribution >= 4 is 25.1 Å². The van der Waals surface area contributed by atoms with Gasteiger partial charge in [0.1, 0.15) is 54.1 Å². The second-order valence-corrected chi connectivity index (χ2v) is 9.76. The Balaban J connectivity index is 1.49. The molecule has 5 atom stereocenters. The minimum atomic E-state index is -4.34. The molecule has 0 aliphatic carbocycles. The lowest BCUT2D eigenvalue weighted by atomic mass is 9.96. The molecule has 1 aromatic carbocycles. The van der Waals surface area contributed by atoms with Crippen molar-refractivity contribution in [3.05, 3.63) is 54.0 Å². The van der Waals surface area contributed by atoms with Crippen molar-refractivity contribution in [2.75, 3.05) is 25.6 Å². The molecule has 2 saturated heterocycles. The Morgan fingerprint density at radius 1 is 1.30 bits per heavy atom. The Morgan fingerprint density at radius 3 is 2.86 bits per heavy atom. The number of aromatic nitrogens is 3. The lowest BCUT2D eigenvalue weighted by Crippen LogP contribution is -2.50. The van der Waals surface area contributed by atoms with Crippen LogP contribution in [0.25, 0.3) is 5.52 Å². The number of phosphoric ester groups is 1. The van der Waals surface area contributed by atoms with Crippen LogP contribution >= 0.6 is 7.82 Å². The molecule has 14 heteroatoms. The van der Waals surface area contributed by atoms with Crippen LogP contribution in [0.4, 0.5) is 5.82 Å². The first-order valence-electron chi connectivity index (χ1n) is 11.5. The number of hydrogen-bond acceptors (Lipinski definition) is 12. The van der Waals surface area contributed by atoms with Crippen molar-refractivity contribution in [2.24, 2.45) is 0 Å². The lowest BCUT2D eigenvalue weighted by Gasteiger charge is -2.36. The topological polar surface area (TPSA) is 170 Å². The summed E-state index contributed by atoms with van der Waals surface area (Å²) in [6, 6.07) is 11.7. The first-order valence-corrected chi connectivity index (χ1v) is 13.0. The zero-order valence-corrected chi connectivity index (χ0v) is 20.9. The Hall–Kier alpha value is -3.53. The number of nitriles is 1. The molecule has 3 aromatic rings. The maximum Gasteiger partial charge on any atom is 0.530 e. The van der Waals surface area contributed by atoms with E-state index in [-0.39, 0.29) is 30.3 Å². The molecule has 2 aliphatic heterocycles. The quantitative estimate of drug-likeness (QED) is 0.351. The summed E-state index contributed by atoms with van der Waals surface area (Å²) in [5.74, 6) is -0.454. The van der Waals surface area contributed by atoms with Gasteiger partial charge in [0.2, 0.25) is 5.60 Å². The van der Waals surface area contributed by atoms with E-state index in [0.717, 1.165) is 0 Å². The van der Waals surface area contributed by atoms with E-state index in [1.807, 2.05) is 0 Å². The molecule has 1 unspecified atom stereocenters. The molecule has 2 aromatic heterocycles. The van der Waals surface area contributed by atoms with Crippen LogP contribution in [0.15, 0.2) is 42.7 Å². The van der Waals surface area contributed by atoms with Crippen LogP contribution in [0.2, 0.25) is 0 Å². The van der Waals surface area contributed by atoms with Gasteiger partial charge < -0.3 is 24.5 Å². The predicted molar refractivity (Wildman–Crippen MR) is 126 cm³/mol. The number of carbonyl (C=O) groups excluding carboxylic acids is 1. The molecule has 0 saturated carbocycles. The average molecular weight is 529 g/mol. The van der Waals surface area contributed by atoms with Crippen LogP contribution in [0.1, 0.15) is 36.0 Å². The van der Waals surface area contributed by atoms with Crippen LogP contribution in [0.5, 0.6) is 5.75 Å². The zero-order valence-electron chi connectivity index (χ0n) is 20.0. The number of hydrogen-bond donors (Lipinski definition) is 1. The summed E-state index contributed by atoms with van der Waals surface area (Å²) in [6.07, 6.45) is -1.61. The number of benzene rings is 1. The first kappa shape index (κ1) is 25.1. The largest absolute Gasteiger partial charge is 0.530 e. The summed E-state index contributed by atoms with van der Waals surface area (Å²) < 4.78 is 49.3. The zero-order chi connectivity index (χ0) is 26.2. The van der Waals surface area contributed by atoms with Gasteiger partial charge in [0.25, 0.3) is 0 Å². The van der Waals surface area contributed by atoms with Crippen molar-refractivity contribution in [2.45, 2.75) is 37.8 Å². The Kier molecular flexibility index (Phi) is 6.61. The molecule has 194 valence electrons. The highest BCUT2D eigenvalue weighted by atomic mass is 31.2. The first-order chi connectivity index (χ1) is 17.8. The molecule has 0 bridgehead atoms. The van der Waals surface area contributed by atoms with Gasteiger partial charge >= 0.3 is 13.8 Å². The van der Waals surface area contributed by atoms with E-state index >= 15 is 0 Å². The van der Waals surface area contributed by atoms with E-state index in [9.17, 15) is 14.6 Å². The second-order valence-electron chi connectivity index (χ2n) is 8.21. The summed E-state index contributed by atoms with van der Waals surface area (Å²) in [7, 11) is -4.34. The standard InChI is InChI=1S/C23H24N5O8P/c1-3-31-19-18(15-9-10-16-21(25)26-13-27-28(15)16)34-23(11-24)12-33-37(30,36-20(19)23)35-17-8-6-5-7-14(17)22(29)32-4-2/h5-10,13,18-20H,3-4,12H2,1-2H3,(H2,25,26,27)/t18-,19-,20-,23+,37?/m0/s1. The highest BCUT2D eigenvalue weighted by molar-refractivity contribution is 7.49. The molecule has 4 heterocycles. The van der Waals surface area contributed by atoms with Crippen LogP contribution in [0, 0.1) is 11.3 Å². The number of carbonyl (C=O) groups is 1. The number of phosphoric acid groups is 1. The smallest absolute Gasteiger partial charge is 0.462 e. The van der Waals surface area contributed by atoms with E-state index in [2.05, 4.69) is 16.2 Å². The fraction of sp³-hybridized carbons (Fsp3) is 0.391. The minimum Gasteiger partial charge on any atom is -0.462 e. The molecular weight excluding hydrogens is 505 g/mol. The summed E-state index contributed by atoms with van der Waals surface area (Å²) in [5, 5.41) is 14.4. The van der Waals surface area contributed by atoms with Crippen molar-refractivity contribution in [3.8, 4) is 11.8 Å². The third-order valence-corrected chi connectivity index (χ3v) is 7.37. The van der Waals surface area contributed by atoms with Gasteiger partial charge in [-0.3, -0.25) is 9.05 Å². The summed E-state index contributed by atoms with van der Waals surface area (Å²) >= 11 is 0. The maximum absolute atomic E-state index is 13.7. The Labute approximate surface area is 211 Å². The second kappa shape index (κ2) is 9.74. The lowest BCUT2D eigenvalue weighted by molar-refractivity contribution is -0.0991. The van der Waals surface area contributed by atoms with Crippen molar-refractivity contribution < 1.29 is 37.1 Å². The van der Waals surface area contributed by atoms with E-state index in [1.54, 1.807) is 38.1 Å². The number of nitrogens with zero attached hydrogens (tertiary/aromatic N) is 4. The van der Waals surface area contributed by atoms with Gasteiger partial charge in [-0.25, -0.2) is 18.9 Å². The summed E-state index contributed by atoms with van der Waals surface area (Å²) in [5.41, 5.74) is 5.41. The van der Waals surface area contributed by atoms with Crippen molar-refractivity contribution in [1.82, 2.24) is 14.6 Å². The van der Waals surface area contributed by atoms with Crippen molar-refractivity contribution in [3.63, 3.8) is 0 Å². The van der Waals surface area contributed by atoms with Crippen LogP contribution < -0.4 is 10.3 Å². The molecule has 37 heavy (non-hydrogen) atoms.